The summed E-state index contributed by atoms with van der Waals surface area (Å²) in [5.74, 6) is 0.865. The van der Waals surface area contributed by atoms with Crippen molar-refractivity contribution in [1.29, 1.82) is 0 Å². The molecule has 0 N–H and O–H groups in total. The number of carbonyl (C=O) groups excluding carboxylic acids is 1. The molecule has 0 saturated heterocycles. The zero-order chi connectivity index (χ0) is 19.3. The van der Waals surface area contributed by atoms with E-state index in [0.717, 1.165) is 64.9 Å². The van der Waals surface area contributed by atoms with E-state index in [0.29, 0.717) is 6.61 Å². The Morgan fingerprint density at radius 2 is 1.85 bits per heavy atom. The third kappa shape index (κ3) is 4.12. The number of rotatable bonds is 8. The van der Waals surface area contributed by atoms with Crippen molar-refractivity contribution in [3.8, 4) is 5.75 Å². The number of fused-ring (bicyclic) bond motifs is 1. The van der Waals surface area contributed by atoms with Gasteiger partial charge in [-0.25, -0.2) is 0 Å². The normalized spacial score (nSPS) is 11.8. The smallest absolute Gasteiger partial charge is 0.246 e. The highest BCUT2D eigenvalue weighted by atomic mass is 16.5. The molecular weight excluding hydrogens is 326 g/mol. The van der Waals surface area contributed by atoms with Crippen LogP contribution in [0.3, 0.4) is 0 Å². The standard InChI is InChI=1S/C22H31NO3/c1-7-10-23(11-8-2)20(24)12-15(4)18-13-19-16(5)14-26-22(19)17(6)21(18)25-9-3/h12-14H,7-11H2,1-6H3/b15-12+. The average molecular weight is 357 g/mol. The Hall–Kier alpha value is -2.23. The first-order chi connectivity index (χ1) is 12.4. The Morgan fingerprint density at radius 3 is 2.42 bits per heavy atom. The lowest BCUT2D eigenvalue weighted by atomic mass is 9.98. The van der Waals surface area contributed by atoms with Crippen LogP contribution < -0.4 is 4.74 Å². The summed E-state index contributed by atoms with van der Waals surface area (Å²) in [5.41, 5.74) is 4.80. The summed E-state index contributed by atoms with van der Waals surface area (Å²) in [6.07, 6.45) is 5.43. The van der Waals surface area contributed by atoms with Gasteiger partial charge in [0.2, 0.25) is 5.91 Å². The molecule has 0 atom stereocenters. The van der Waals surface area contributed by atoms with Crippen molar-refractivity contribution < 1.29 is 13.9 Å². The largest absolute Gasteiger partial charge is 0.493 e. The molecule has 26 heavy (non-hydrogen) atoms. The van der Waals surface area contributed by atoms with Gasteiger partial charge in [-0.1, -0.05) is 13.8 Å². The van der Waals surface area contributed by atoms with Crippen molar-refractivity contribution in [3.63, 3.8) is 0 Å². The molecule has 0 unspecified atom stereocenters. The van der Waals surface area contributed by atoms with Crippen LogP contribution in [0.2, 0.25) is 0 Å². The van der Waals surface area contributed by atoms with Crippen LogP contribution in [0.25, 0.3) is 16.5 Å². The van der Waals surface area contributed by atoms with E-state index in [4.69, 9.17) is 9.15 Å². The minimum absolute atomic E-state index is 0.0651. The van der Waals surface area contributed by atoms with Gasteiger partial charge in [-0.3, -0.25) is 4.79 Å². The summed E-state index contributed by atoms with van der Waals surface area (Å²) in [7, 11) is 0. The Kier molecular flexibility index (Phi) is 6.90. The maximum Gasteiger partial charge on any atom is 0.246 e. The Morgan fingerprint density at radius 1 is 1.19 bits per heavy atom. The first kappa shape index (κ1) is 20.1. The molecule has 0 bridgehead atoms. The number of furan rings is 1. The lowest BCUT2D eigenvalue weighted by Crippen LogP contribution is -2.31. The zero-order valence-electron chi connectivity index (χ0n) is 16.9. The molecule has 0 aliphatic rings. The van der Waals surface area contributed by atoms with Crippen LogP contribution in [0.1, 0.15) is 57.2 Å². The molecule has 1 amide bonds. The van der Waals surface area contributed by atoms with E-state index in [1.54, 1.807) is 12.3 Å². The highest BCUT2D eigenvalue weighted by Crippen LogP contribution is 2.37. The van der Waals surface area contributed by atoms with Crippen LogP contribution in [0.15, 0.2) is 22.8 Å². The number of allylic oxidation sites excluding steroid dienone is 1. The fraction of sp³-hybridized carbons (Fsp3) is 0.500. The number of aryl methyl sites for hydroxylation is 2. The minimum atomic E-state index is 0.0651. The second-order valence-electron chi connectivity index (χ2n) is 6.76. The van der Waals surface area contributed by atoms with Gasteiger partial charge < -0.3 is 14.1 Å². The number of nitrogens with zero attached hydrogens (tertiary/aromatic N) is 1. The average Bonchev–Trinajstić information content (AvgIpc) is 2.98. The van der Waals surface area contributed by atoms with Gasteiger partial charge in [0.05, 0.1) is 12.9 Å². The Balaban J connectivity index is 2.50. The Bertz CT molecular complexity index is 795. The molecule has 0 radical (unpaired) electrons. The van der Waals surface area contributed by atoms with Crippen molar-refractivity contribution in [3.05, 3.63) is 35.1 Å². The first-order valence-corrected chi connectivity index (χ1v) is 9.56. The van der Waals surface area contributed by atoms with E-state index >= 15 is 0 Å². The maximum absolute atomic E-state index is 12.7. The van der Waals surface area contributed by atoms with Gasteiger partial charge in [-0.15, -0.1) is 0 Å². The van der Waals surface area contributed by atoms with Gasteiger partial charge in [-0.05, 0) is 57.7 Å². The molecule has 1 aromatic carbocycles. The van der Waals surface area contributed by atoms with Crippen molar-refractivity contribution in [1.82, 2.24) is 4.90 Å². The monoisotopic (exact) mass is 357 g/mol. The van der Waals surface area contributed by atoms with Gasteiger partial charge in [-0.2, -0.15) is 0 Å². The topological polar surface area (TPSA) is 42.7 Å². The molecule has 1 aromatic heterocycles. The summed E-state index contributed by atoms with van der Waals surface area (Å²) in [6, 6.07) is 2.08. The van der Waals surface area contributed by atoms with E-state index in [2.05, 4.69) is 19.9 Å². The minimum Gasteiger partial charge on any atom is -0.493 e. The van der Waals surface area contributed by atoms with Crippen molar-refractivity contribution in [2.75, 3.05) is 19.7 Å². The molecule has 2 aromatic rings. The van der Waals surface area contributed by atoms with Gasteiger partial charge in [0, 0.05) is 35.7 Å². The van der Waals surface area contributed by atoms with E-state index in [1.807, 2.05) is 32.6 Å². The predicted octanol–water partition coefficient (Wildman–Crippen LogP) is 5.50. The fourth-order valence-electron chi connectivity index (χ4n) is 3.29. The van der Waals surface area contributed by atoms with Crippen LogP contribution in [0, 0.1) is 13.8 Å². The molecular formula is C22H31NO3. The summed E-state index contributed by atoms with van der Waals surface area (Å²) >= 11 is 0. The lowest BCUT2D eigenvalue weighted by molar-refractivity contribution is -0.126. The quantitative estimate of drug-likeness (QED) is 0.586. The number of carbonyl (C=O) groups is 1. The van der Waals surface area contributed by atoms with Crippen LogP contribution in [-0.2, 0) is 4.79 Å². The van der Waals surface area contributed by atoms with Gasteiger partial charge in [0.15, 0.2) is 0 Å². The van der Waals surface area contributed by atoms with Crippen molar-refractivity contribution in [2.24, 2.45) is 0 Å². The summed E-state index contributed by atoms with van der Waals surface area (Å²) in [4.78, 5) is 14.6. The molecule has 2 rings (SSSR count). The molecule has 0 saturated carbocycles. The van der Waals surface area contributed by atoms with Crippen LogP contribution >= 0.6 is 0 Å². The van der Waals surface area contributed by atoms with E-state index in [9.17, 15) is 4.79 Å². The molecule has 4 nitrogen and oxygen atoms in total. The molecule has 4 heteroatoms. The van der Waals surface area contributed by atoms with Gasteiger partial charge >= 0.3 is 0 Å². The number of hydrogen-bond acceptors (Lipinski definition) is 3. The second kappa shape index (κ2) is 8.93. The van der Waals surface area contributed by atoms with E-state index in [-0.39, 0.29) is 5.91 Å². The van der Waals surface area contributed by atoms with Crippen LogP contribution in [-0.4, -0.2) is 30.5 Å². The predicted molar refractivity (Wildman–Crippen MR) is 108 cm³/mol. The molecule has 0 aliphatic heterocycles. The van der Waals surface area contributed by atoms with Gasteiger partial charge in [0.25, 0.3) is 0 Å². The number of amides is 1. The molecule has 0 spiro atoms. The molecule has 0 aliphatic carbocycles. The van der Waals surface area contributed by atoms with Crippen molar-refractivity contribution >= 4 is 22.4 Å². The summed E-state index contributed by atoms with van der Waals surface area (Å²) < 4.78 is 11.6. The van der Waals surface area contributed by atoms with Crippen LogP contribution in [0.4, 0.5) is 0 Å². The van der Waals surface area contributed by atoms with Crippen LogP contribution in [0.5, 0.6) is 5.75 Å². The highest BCUT2D eigenvalue weighted by Gasteiger charge is 2.18. The number of hydrogen-bond donors (Lipinski definition) is 0. The molecule has 0 fully saturated rings. The first-order valence-electron chi connectivity index (χ1n) is 9.56. The third-order valence-electron chi connectivity index (χ3n) is 4.59. The van der Waals surface area contributed by atoms with Crippen molar-refractivity contribution in [2.45, 2.75) is 54.4 Å². The second-order valence-corrected chi connectivity index (χ2v) is 6.76. The maximum atomic E-state index is 12.7. The highest BCUT2D eigenvalue weighted by molar-refractivity contribution is 5.98. The number of benzene rings is 1. The molecule has 1 heterocycles. The SMILES string of the molecule is CCCN(CCC)C(=O)/C=C(\C)c1cc2c(C)coc2c(C)c1OCC. The lowest BCUT2D eigenvalue weighted by Gasteiger charge is -2.20. The summed E-state index contributed by atoms with van der Waals surface area (Å²) in [5, 5.41) is 1.07. The summed E-state index contributed by atoms with van der Waals surface area (Å²) in [6.45, 7) is 14.3. The van der Waals surface area contributed by atoms with Gasteiger partial charge in [0.1, 0.15) is 11.3 Å². The fourth-order valence-corrected chi connectivity index (χ4v) is 3.29. The third-order valence-corrected chi connectivity index (χ3v) is 4.59. The zero-order valence-corrected chi connectivity index (χ0v) is 16.9. The van der Waals surface area contributed by atoms with E-state index < -0.39 is 0 Å². The molecule has 142 valence electrons. The number of ether oxygens (including phenoxy) is 1. The van der Waals surface area contributed by atoms with E-state index in [1.165, 1.54) is 0 Å². The Labute approximate surface area is 156 Å².